The maximum absolute atomic E-state index is 11.1. The fourth-order valence-electron chi connectivity index (χ4n) is 3.39. The van der Waals surface area contributed by atoms with Crippen LogP contribution in [0.25, 0.3) is 0 Å². The normalized spacial score (nSPS) is 12.0. The summed E-state index contributed by atoms with van der Waals surface area (Å²) in [6.45, 7) is 7.88. The van der Waals surface area contributed by atoms with Crippen molar-refractivity contribution in [1.82, 2.24) is 0 Å². The first-order valence-electron chi connectivity index (χ1n) is 10.7. The maximum atomic E-state index is 11.1. The summed E-state index contributed by atoms with van der Waals surface area (Å²) in [4.78, 5) is 21.6. The van der Waals surface area contributed by atoms with Crippen molar-refractivity contribution < 1.29 is 24.5 Å². The third-order valence-electron chi connectivity index (χ3n) is 5.59. The zero-order valence-electron chi connectivity index (χ0n) is 18.5. The molecule has 0 bridgehead atoms. The number of carbonyl (C=O) groups excluding carboxylic acids is 1. The van der Waals surface area contributed by atoms with E-state index in [0.717, 1.165) is 68.9 Å². The highest BCUT2D eigenvalue weighted by molar-refractivity contribution is 5.73. The van der Waals surface area contributed by atoms with Gasteiger partial charge in [0.05, 0.1) is 5.41 Å². The van der Waals surface area contributed by atoms with Crippen molar-refractivity contribution in [3.8, 4) is 5.75 Å². The molecule has 0 aliphatic rings. The molecule has 1 aromatic carbocycles. The highest BCUT2D eigenvalue weighted by Gasteiger charge is 2.25. The molecular weight excluding hydrogens is 368 g/mol. The van der Waals surface area contributed by atoms with E-state index < -0.39 is 17.0 Å². The number of hydrogen-bond donors (Lipinski definition) is 2. The molecule has 0 spiro atoms. The first-order valence-corrected chi connectivity index (χ1v) is 10.7. The summed E-state index contributed by atoms with van der Waals surface area (Å²) >= 11 is 0. The lowest BCUT2D eigenvalue weighted by atomic mass is 9.87. The van der Waals surface area contributed by atoms with Crippen molar-refractivity contribution in [3.63, 3.8) is 0 Å². The lowest BCUT2D eigenvalue weighted by Gasteiger charge is -2.22. The average Bonchev–Trinajstić information content (AvgIpc) is 2.62. The van der Waals surface area contributed by atoms with Crippen LogP contribution in [0.2, 0.25) is 0 Å². The van der Waals surface area contributed by atoms with E-state index in [9.17, 15) is 14.7 Å². The number of aromatic hydroxyl groups is 1. The summed E-state index contributed by atoms with van der Waals surface area (Å²) < 4.78 is 5.05. The van der Waals surface area contributed by atoms with Crippen LogP contribution in [0, 0.1) is 5.41 Å². The largest absolute Gasteiger partial charge is 0.508 e. The fourth-order valence-corrected chi connectivity index (χ4v) is 3.39. The number of phenols is 1. The summed E-state index contributed by atoms with van der Waals surface area (Å²) in [5.41, 5.74) is 1.03. The van der Waals surface area contributed by atoms with Crippen LogP contribution in [-0.4, -0.2) is 28.3 Å². The molecule has 0 aliphatic carbocycles. The molecule has 5 heteroatoms. The van der Waals surface area contributed by atoms with Crippen LogP contribution >= 0.6 is 0 Å². The summed E-state index contributed by atoms with van der Waals surface area (Å²) in [5.74, 6) is -0.379. The molecule has 29 heavy (non-hydrogen) atoms. The molecule has 0 aliphatic heterocycles. The van der Waals surface area contributed by atoms with Crippen LogP contribution in [0.4, 0.5) is 0 Å². The van der Waals surface area contributed by atoms with Gasteiger partial charge in [-0.25, -0.2) is 0 Å². The molecular formula is C24H38O5. The standard InChI is InChI=1S/C24H38O5/c1-23(2,22(27)28)15-9-5-7-11-19-13-14-20(21(26)17-19)12-8-6-10-16-24(3,4)29-18-25/h13-14,17-18,26H,5-12,15-16H2,1-4H3,(H,27,28). The average molecular weight is 407 g/mol. The highest BCUT2D eigenvalue weighted by atomic mass is 16.5. The Kier molecular flexibility index (Phi) is 10.2. The number of unbranched alkanes of at least 4 members (excludes halogenated alkanes) is 4. The van der Waals surface area contributed by atoms with Gasteiger partial charge in [-0.15, -0.1) is 0 Å². The SMILES string of the molecule is CC(C)(CCCCCc1ccc(CCCCCC(C)(C)C(=O)O)cc1O)OC=O. The Morgan fingerprint density at radius 1 is 0.966 bits per heavy atom. The molecule has 0 amide bonds. The predicted molar refractivity (Wildman–Crippen MR) is 115 cm³/mol. The van der Waals surface area contributed by atoms with Crippen molar-refractivity contribution in [3.05, 3.63) is 29.3 Å². The summed E-state index contributed by atoms with van der Waals surface area (Å²) in [7, 11) is 0. The molecule has 0 atom stereocenters. The lowest BCUT2D eigenvalue weighted by molar-refractivity contribution is -0.147. The number of aliphatic carboxylic acids is 1. The third kappa shape index (κ3) is 9.82. The molecule has 5 nitrogen and oxygen atoms in total. The number of aryl methyl sites for hydroxylation is 2. The minimum absolute atomic E-state index is 0.360. The van der Waals surface area contributed by atoms with Gasteiger partial charge in [-0.05, 0) is 89.8 Å². The number of carbonyl (C=O) groups is 2. The lowest BCUT2D eigenvalue weighted by Crippen LogP contribution is -2.23. The molecule has 0 unspecified atom stereocenters. The van der Waals surface area contributed by atoms with E-state index in [0.29, 0.717) is 18.6 Å². The first-order chi connectivity index (χ1) is 13.6. The molecule has 0 radical (unpaired) electrons. The van der Waals surface area contributed by atoms with Crippen molar-refractivity contribution in [2.75, 3.05) is 0 Å². The Labute approximate surface area is 175 Å². The second-order valence-electron chi connectivity index (χ2n) is 9.25. The molecule has 0 aromatic heterocycles. The van der Waals surface area contributed by atoms with E-state index in [1.165, 1.54) is 0 Å². The van der Waals surface area contributed by atoms with Gasteiger partial charge >= 0.3 is 5.97 Å². The summed E-state index contributed by atoms with van der Waals surface area (Å²) in [6.07, 6.45) is 9.14. The van der Waals surface area contributed by atoms with E-state index in [4.69, 9.17) is 9.84 Å². The number of carboxylic acid groups (broad SMARTS) is 1. The first kappa shape index (κ1) is 25.0. The quantitative estimate of drug-likeness (QED) is 0.290. The van der Waals surface area contributed by atoms with Gasteiger partial charge in [-0.3, -0.25) is 9.59 Å². The molecule has 2 N–H and O–H groups in total. The Bertz CT molecular complexity index is 649. The molecule has 1 rings (SSSR count). The number of phenolic OH excluding ortho intramolecular Hbond substituents is 1. The topological polar surface area (TPSA) is 83.8 Å². The van der Waals surface area contributed by atoms with Gasteiger partial charge < -0.3 is 14.9 Å². The smallest absolute Gasteiger partial charge is 0.309 e. The minimum Gasteiger partial charge on any atom is -0.508 e. The Morgan fingerprint density at radius 3 is 2.17 bits per heavy atom. The van der Waals surface area contributed by atoms with Gasteiger partial charge in [0, 0.05) is 0 Å². The van der Waals surface area contributed by atoms with E-state index >= 15 is 0 Å². The van der Waals surface area contributed by atoms with Gasteiger partial charge in [0.25, 0.3) is 6.47 Å². The summed E-state index contributed by atoms with van der Waals surface area (Å²) in [6, 6.07) is 5.95. The zero-order valence-corrected chi connectivity index (χ0v) is 18.5. The van der Waals surface area contributed by atoms with Crippen LogP contribution in [0.3, 0.4) is 0 Å². The van der Waals surface area contributed by atoms with Gasteiger partial charge in [-0.1, -0.05) is 31.4 Å². The minimum atomic E-state index is -0.740. The van der Waals surface area contributed by atoms with Gasteiger partial charge in [-0.2, -0.15) is 0 Å². The zero-order chi connectivity index (χ0) is 21.9. The molecule has 0 saturated heterocycles. The van der Waals surface area contributed by atoms with Gasteiger partial charge in [0.2, 0.25) is 0 Å². The molecule has 164 valence electrons. The van der Waals surface area contributed by atoms with Crippen LogP contribution in [0.1, 0.15) is 90.2 Å². The number of rotatable bonds is 15. The number of ether oxygens (including phenoxy) is 1. The van der Waals surface area contributed by atoms with Crippen molar-refractivity contribution in [1.29, 1.82) is 0 Å². The fraction of sp³-hybridized carbons (Fsp3) is 0.667. The number of benzene rings is 1. The van der Waals surface area contributed by atoms with E-state index in [1.807, 2.05) is 26.0 Å². The van der Waals surface area contributed by atoms with Crippen LogP contribution in [0.5, 0.6) is 5.75 Å². The van der Waals surface area contributed by atoms with E-state index in [2.05, 4.69) is 6.07 Å². The maximum Gasteiger partial charge on any atom is 0.309 e. The van der Waals surface area contributed by atoms with Gasteiger partial charge in [0.1, 0.15) is 11.4 Å². The van der Waals surface area contributed by atoms with Crippen molar-refractivity contribution >= 4 is 12.4 Å². The van der Waals surface area contributed by atoms with Crippen LogP contribution in [-0.2, 0) is 27.2 Å². The van der Waals surface area contributed by atoms with Crippen molar-refractivity contribution in [2.24, 2.45) is 5.41 Å². The second kappa shape index (κ2) is 11.8. The monoisotopic (exact) mass is 406 g/mol. The third-order valence-corrected chi connectivity index (χ3v) is 5.59. The van der Waals surface area contributed by atoms with Gasteiger partial charge in [0.15, 0.2) is 0 Å². The van der Waals surface area contributed by atoms with E-state index in [-0.39, 0.29) is 0 Å². The molecule has 0 saturated carbocycles. The molecule has 0 fully saturated rings. The Balaban J connectivity index is 2.29. The van der Waals surface area contributed by atoms with Crippen LogP contribution in [0.15, 0.2) is 18.2 Å². The number of carboxylic acids is 1. The molecule has 1 aromatic rings. The van der Waals surface area contributed by atoms with Crippen LogP contribution < -0.4 is 0 Å². The predicted octanol–water partition coefficient (Wildman–Crippen LogP) is 5.66. The number of hydrogen-bond acceptors (Lipinski definition) is 4. The van der Waals surface area contributed by atoms with Crippen molar-refractivity contribution in [2.45, 2.75) is 97.5 Å². The summed E-state index contributed by atoms with van der Waals surface area (Å²) in [5, 5.41) is 19.4. The Morgan fingerprint density at radius 2 is 1.59 bits per heavy atom. The second-order valence-corrected chi connectivity index (χ2v) is 9.25. The van der Waals surface area contributed by atoms with E-state index in [1.54, 1.807) is 13.8 Å². The molecule has 0 heterocycles. The highest BCUT2D eigenvalue weighted by Crippen LogP contribution is 2.26. The Hall–Kier alpha value is -2.04.